The molecule has 6 heteroatoms. The molecule has 1 atom stereocenters. The smallest absolute Gasteiger partial charge is 0.306 e. The van der Waals surface area contributed by atoms with Gasteiger partial charge in [-0.2, -0.15) is 0 Å². The molecule has 0 aromatic heterocycles. The molecule has 0 saturated heterocycles. The molecule has 0 heterocycles. The summed E-state index contributed by atoms with van der Waals surface area (Å²) < 4.78 is 16.6. The van der Waals surface area contributed by atoms with Gasteiger partial charge in [0.05, 0.1) is 0 Å². The second-order valence-electron chi connectivity index (χ2n) is 15.6. The minimum atomic E-state index is -0.828. The van der Waals surface area contributed by atoms with E-state index in [0.717, 1.165) is 83.5 Å². The van der Waals surface area contributed by atoms with Gasteiger partial charge in [0.15, 0.2) is 6.10 Å². The zero-order chi connectivity index (χ0) is 44.4. The first-order valence-corrected chi connectivity index (χ1v) is 24.4. The van der Waals surface area contributed by atoms with E-state index in [1.54, 1.807) is 0 Å². The predicted molar refractivity (Wildman–Crippen MR) is 260 cm³/mol. The van der Waals surface area contributed by atoms with Crippen LogP contribution in [0.25, 0.3) is 0 Å². The summed E-state index contributed by atoms with van der Waals surface area (Å²) in [6.45, 7) is 6.35. The standard InChI is InChI=1S/C55H88O6/c1-4-7-10-13-16-19-21-23-25-27-29-31-33-36-39-42-45-48-54(57)60-51-52(50-59-53(56)47-44-41-38-35-18-15-12-9-6-3)61-55(58)49-46-43-40-37-34-32-30-28-26-24-22-20-17-14-11-8-5-2/h7,10,16-17,19-20,23-26,29-32,36-37,39-40,52H,4-6,8-9,11-15,18,21-22,27-28,33-35,38,41-51H2,1-3H3/b10-7-,19-16-,20-17-,25-23-,26-24-,31-29-,32-30-,39-36-,40-37-/t52-/m1/s1. The highest BCUT2D eigenvalue weighted by molar-refractivity contribution is 5.71. The van der Waals surface area contributed by atoms with Crippen molar-refractivity contribution in [1.82, 2.24) is 0 Å². The molecular weight excluding hydrogens is 757 g/mol. The van der Waals surface area contributed by atoms with E-state index in [-0.39, 0.29) is 44.0 Å². The van der Waals surface area contributed by atoms with Crippen molar-refractivity contribution < 1.29 is 28.6 Å². The predicted octanol–water partition coefficient (Wildman–Crippen LogP) is 16.0. The van der Waals surface area contributed by atoms with Crippen LogP contribution in [0, 0.1) is 0 Å². The first-order valence-electron chi connectivity index (χ1n) is 24.4. The highest BCUT2D eigenvalue weighted by atomic mass is 16.6. The molecule has 0 rings (SSSR count). The van der Waals surface area contributed by atoms with E-state index >= 15 is 0 Å². The van der Waals surface area contributed by atoms with E-state index in [1.165, 1.54) is 64.2 Å². The van der Waals surface area contributed by atoms with Gasteiger partial charge in [-0.25, -0.2) is 0 Å². The van der Waals surface area contributed by atoms with Gasteiger partial charge < -0.3 is 14.2 Å². The van der Waals surface area contributed by atoms with Crippen LogP contribution in [0.5, 0.6) is 0 Å². The molecule has 0 aromatic rings. The van der Waals surface area contributed by atoms with Gasteiger partial charge in [0, 0.05) is 19.3 Å². The number of ether oxygens (including phenoxy) is 3. The number of hydrogen-bond donors (Lipinski definition) is 0. The third kappa shape index (κ3) is 47.0. The molecule has 0 amide bonds. The molecule has 0 bridgehead atoms. The summed E-state index contributed by atoms with van der Waals surface area (Å²) in [6, 6.07) is 0. The third-order valence-corrected chi connectivity index (χ3v) is 9.76. The van der Waals surface area contributed by atoms with Gasteiger partial charge in [-0.1, -0.05) is 194 Å². The van der Waals surface area contributed by atoms with Crippen LogP contribution in [-0.2, 0) is 28.6 Å². The molecule has 61 heavy (non-hydrogen) atoms. The van der Waals surface area contributed by atoms with E-state index in [4.69, 9.17) is 14.2 Å². The van der Waals surface area contributed by atoms with Gasteiger partial charge in [0.2, 0.25) is 0 Å². The van der Waals surface area contributed by atoms with Crippen LogP contribution >= 0.6 is 0 Å². The van der Waals surface area contributed by atoms with Gasteiger partial charge >= 0.3 is 17.9 Å². The molecule has 0 aliphatic rings. The van der Waals surface area contributed by atoms with Crippen LogP contribution in [0.4, 0.5) is 0 Å². The molecule has 0 aliphatic heterocycles. The normalized spacial score (nSPS) is 13.0. The summed E-state index contributed by atoms with van der Waals surface area (Å²) >= 11 is 0. The zero-order valence-electron chi connectivity index (χ0n) is 39.1. The van der Waals surface area contributed by atoms with Crippen molar-refractivity contribution in [2.75, 3.05) is 13.2 Å². The van der Waals surface area contributed by atoms with Gasteiger partial charge in [0.1, 0.15) is 13.2 Å². The van der Waals surface area contributed by atoms with Crippen molar-refractivity contribution in [3.8, 4) is 0 Å². The number of carbonyl (C=O) groups is 3. The highest BCUT2D eigenvalue weighted by Gasteiger charge is 2.19. The van der Waals surface area contributed by atoms with E-state index in [2.05, 4.69) is 130 Å². The average Bonchev–Trinajstić information content (AvgIpc) is 3.26. The molecule has 0 N–H and O–H groups in total. The number of unbranched alkanes of at least 4 members (excludes halogenated alkanes) is 13. The molecule has 0 aromatic carbocycles. The maximum absolute atomic E-state index is 12.7. The second kappa shape index (κ2) is 48.7. The van der Waals surface area contributed by atoms with Crippen LogP contribution in [0.3, 0.4) is 0 Å². The van der Waals surface area contributed by atoms with Crippen molar-refractivity contribution in [2.24, 2.45) is 0 Å². The molecule has 0 unspecified atom stereocenters. The lowest BCUT2D eigenvalue weighted by Gasteiger charge is -2.18. The first kappa shape index (κ1) is 57.1. The van der Waals surface area contributed by atoms with Crippen LogP contribution in [0.15, 0.2) is 109 Å². The number of hydrogen-bond acceptors (Lipinski definition) is 6. The Bertz CT molecular complexity index is 1290. The van der Waals surface area contributed by atoms with Crippen LogP contribution in [-0.4, -0.2) is 37.2 Å². The molecule has 6 nitrogen and oxygen atoms in total. The van der Waals surface area contributed by atoms with Crippen molar-refractivity contribution in [3.63, 3.8) is 0 Å². The Morgan fingerprint density at radius 2 is 0.656 bits per heavy atom. The summed E-state index contributed by atoms with van der Waals surface area (Å²) in [5.74, 6) is -1.05. The molecule has 0 fully saturated rings. The largest absolute Gasteiger partial charge is 0.462 e. The molecule has 0 aliphatic carbocycles. The number of carbonyl (C=O) groups excluding carboxylic acids is 3. The summed E-state index contributed by atoms with van der Waals surface area (Å²) in [6.07, 6.45) is 65.1. The second-order valence-corrected chi connectivity index (χ2v) is 15.6. The van der Waals surface area contributed by atoms with Gasteiger partial charge in [-0.15, -0.1) is 0 Å². The van der Waals surface area contributed by atoms with E-state index in [9.17, 15) is 14.4 Å². The molecule has 344 valence electrons. The van der Waals surface area contributed by atoms with Crippen molar-refractivity contribution in [2.45, 2.75) is 207 Å². The third-order valence-electron chi connectivity index (χ3n) is 9.76. The minimum absolute atomic E-state index is 0.119. The quantitative estimate of drug-likeness (QED) is 0.0264. The SMILES string of the molecule is CC/C=C\C/C=C\C/C=C\C/C=C\C/C=C\CCCC(=O)OC[C@@H](COC(=O)CCCCCCCCCCC)OC(=O)CCC/C=C\C/C=C\C/C=C\C/C=C\CCCCC. The lowest BCUT2D eigenvalue weighted by molar-refractivity contribution is -0.167. The minimum Gasteiger partial charge on any atom is -0.462 e. The number of rotatable bonds is 42. The Morgan fingerprint density at radius 3 is 1.07 bits per heavy atom. The van der Waals surface area contributed by atoms with E-state index in [0.29, 0.717) is 19.3 Å². The summed E-state index contributed by atoms with van der Waals surface area (Å²) in [7, 11) is 0. The summed E-state index contributed by atoms with van der Waals surface area (Å²) in [4.78, 5) is 37.8. The fourth-order valence-corrected chi connectivity index (χ4v) is 6.12. The molecule has 0 radical (unpaired) electrons. The molecular formula is C55H88O6. The van der Waals surface area contributed by atoms with Crippen LogP contribution < -0.4 is 0 Å². The fraction of sp³-hybridized carbons (Fsp3) is 0.618. The Balaban J connectivity index is 4.55. The zero-order valence-corrected chi connectivity index (χ0v) is 39.1. The van der Waals surface area contributed by atoms with Gasteiger partial charge in [-0.05, 0) is 96.3 Å². The topological polar surface area (TPSA) is 78.9 Å². The maximum atomic E-state index is 12.7. The van der Waals surface area contributed by atoms with Crippen molar-refractivity contribution in [3.05, 3.63) is 109 Å². The number of esters is 3. The lowest BCUT2D eigenvalue weighted by Crippen LogP contribution is -2.30. The molecule has 0 saturated carbocycles. The number of allylic oxidation sites excluding steroid dienone is 18. The lowest BCUT2D eigenvalue weighted by atomic mass is 10.1. The van der Waals surface area contributed by atoms with E-state index < -0.39 is 6.10 Å². The average molecular weight is 845 g/mol. The highest BCUT2D eigenvalue weighted by Crippen LogP contribution is 2.12. The Labute approximate surface area is 374 Å². The Kier molecular flexibility index (Phi) is 45.6. The van der Waals surface area contributed by atoms with Crippen LogP contribution in [0.2, 0.25) is 0 Å². The first-order chi connectivity index (χ1) is 30.0. The fourth-order valence-electron chi connectivity index (χ4n) is 6.12. The summed E-state index contributed by atoms with van der Waals surface area (Å²) in [5, 5.41) is 0. The molecule has 0 spiro atoms. The van der Waals surface area contributed by atoms with Crippen molar-refractivity contribution in [1.29, 1.82) is 0 Å². The Hall–Kier alpha value is -3.93. The Morgan fingerprint density at radius 1 is 0.344 bits per heavy atom. The maximum Gasteiger partial charge on any atom is 0.306 e. The monoisotopic (exact) mass is 845 g/mol. The van der Waals surface area contributed by atoms with Crippen molar-refractivity contribution >= 4 is 17.9 Å². The van der Waals surface area contributed by atoms with E-state index in [1.807, 2.05) is 0 Å². The van der Waals surface area contributed by atoms with Gasteiger partial charge in [-0.3, -0.25) is 14.4 Å². The van der Waals surface area contributed by atoms with Gasteiger partial charge in [0.25, 0.3) is 0 Å². The summed E-state index contributed by atoms with van der Waals surface area (Å²) in [5.41, 5.74) is 0. The van der Waals surface area contributed by atoms with Crippen LogP contribution in [0.1, 0.15) is 201 Å².